The number of benzene rings is 3. The summed E-state index contributed by atoms with van der Waals surface area (Å²) in [4.78, 5) is 21.6. The zero-order valence-electron chi connectivity index (χ0n) is 16.7. The zero-order chi connectivity index (χ0) is 22.1. The first-order chi connectivity index (χ1) is 15.6. The first kappa shape index (κ1) is 20.2. The lowest BCUT2D eigenvalue weighted by molar-refractivity contribution is 0.100. The molecule has 8 heteroatoms. The Bertz CT molecular complexity index is 1430. The molecule has 0 aliphatic carbocycles. The van der Waals surface area contributed by atoms with Crippen LogP contribution < -0.4 is 10.5 Å². The minimum Gasteiger partial charge on any atom is -0.489 e. The summed E-state index contributed by atoms with van der Waals surface area (Å²) in [6.07, 6.45) is 1.68. The molecular formula is C24H17ClN4O2S. The topological polar surface area (TPSA) is 83.0 Å². The molecule has 0 bridgehead atoms. The van der Waals surface area contributed by atoms with E-state index < -0.39 is 5.91 Å². The Kier molecular flexibility index (Phi) is 5.34. The molecule has 32 heavy (non-hydrogen) atoms. The molecule has 0 saturated heterocycles. The largest absolute Gasteiger partial charge is 0.489 e. The summed E-state index contributed by atoms with van der Waals surface area (Å²) in [5.41, 5.74) is 9.56. The van der Waals surface area contributed by atoms with E-state index in [0.717, 1.165) is 22.2 Å². The predicted octanol–water partition coefficient (Wildman–Crippen LogP) is 5.48. The van der Waals surface area contributed by atoms with E-state index in [-0.39, 0.29) is 0 Å². The van der Waals surface area contributed by atoms with Gasteiger partial charge in [0.15, 0.2) is 5.13 Å². The average molecular weight is 461 g/mol. The predicted molar refractivity (Wildman–Crippen MR) is 126 cm³/mol. The molecule has 0 fully saturated rings. The van der Waals surface area contributed by atoms with Crippen molar-refractivity contribution >= 4 is 39.9 Å². The molecule has 0 spiro atoms. The molecule has 0 atom stereocenters. The highest BCUT2D eigenvalue weighted by Gasteiger charge is 2.20. The van der Waals surface area contributed by atoms with Crippen molar-refractivity contribution in [1.29, 1.82) is 0 Å². The number of halogens is 1. The molecule has 0 unspecified atom stereocenters. The summed E-state index contributed by atoms with van der Waals surface area (Å²) < 4.78 is 7.79. The van der Waals surface area contributed by atoms with Crippen molar-refractivity contribution in [3.8, 4) is 22.1 Å². The fraction of sp³-hybridized carbons (Fsp3) is 0.0417. The van der Waals surface area contributed by atoms with Crippen molar-refractivity contribution in [3.05, 3.63) is 94.6 Å². The number of nitrogens with zero attached hydrogens (tertiary/aromatic N) is 3. The van der Waals surface area contributed by atoms with E-state index in [9.17, 15) is 4.79 Å². The third kappa shape index (κ3) is 3.95. The van der Waals surface area contributed by atoms with Gasteiger partial charge < -0.3 is 10.5 Å². The van der Waals surface area contributed by atoms with Crippen LogP contribution in [0.3, 0.4) is 0 Å². The lowest BCUT2D eigenvalue weighted by atomic mass is 10.1. The highest BCUT2D eigenvalue weighted by atomic mass is 35.5. The first-order valence-corrected chi connectivity index (χ1v) is 11.0. The molecular weight excluding hydrogens is 444 g/mol. The van der Waals surface area contributed by atoms with Crippen LogP contribution in [-0.2, 0) is 6.61 Å². The van der Waals surface area contributed by atoms with Crippen LogP contribution in [-0.4, -0.2) is 20.4 Å². The summed E-state index contributed by atoms with van der Waals surface area (Å²) in [5.74, 6) is 0.171. The van der Waals surface area contributed by atoms with Crippen molar-refractivity contribution in [2.75, 3.05) is 0 Å². The van der Waals surface area contributed by atoms with Gasteiger partial charge in [0.25, 0.3) is 5.91 Å². The number of thiazole rings is 1. The van der Waals surface area contributed by atoms with Crippen LogP contribution in [0.1, 0.15) is 15.2 Å². The van der Waals surface area contributed by atoms with Crippen LogP contribution >= 0.6 is 22.9 Å². The first-order valence-electron chi connectivity index (χ1n) is 9.79. The third-order valence-corrected chi connectivity index (χ3v) is 6.22. The maximum atomic E-state index is 12.1. The zero-order valence-corrected chi connectivity index (χ0v) is 18.3. The number of aromatic nitrogens is 3. The van der Waals surface area contributed by atoms with Crippen molar-refractivity contribution in [2.45, 2.75) is 6.61 Å². The molecule has 0 saturated carbocycles. The smallest absolute Gasteiger partial charge is 0.261 e. The average Bonchev–Trinajstić information content (AvgIpc) is 3.42. The summed E-state index contributed by atoms with van der Waals surface area (Å²) in [6, 6.07) is 22.8. The highest BCUT2D eigenvalue weighted by Crippen LogP contribution is 2.33. The fourth-order valence-corrected chi connectivity index (χ4v) is 4.50. The highest BCUT2D eigenvalue weighted by molar-refractivity contribution is 7.16. The van der Waals surface area contributed by atoms with Gasteiger partial charge in [-0.2, -0.15) is 0 Å². The number of carbonyl (C=O) groups is 1. The molecule has 0 aliphatic heterocycles. The molecule has 2 heterocycles. The van der Waals surface area contributed by atoms with Gasteiger partial charge in [-0.05, 0) is 29.8 Å². The number of fused-ring (bicyclic) bond motifs is 1. The Balaban J connectivity index is 1.53. The number of hydrogen-bond donors (Lipinski definition) is 1. The lowest BCUT2D eigenvalue weighted by Crippen LogP contribution is -2.10. The molecule has 0 radical (unpaired) electrons. The third-order valence-electron chi connectivity index (χ3n) is 4.91. The van der Waals surface area contributed by atoms with Crippen molar-refractivity contribution < 1.29 is 9.53 Å². The summed E-state index contributed by atoms with van der Waals surface area (Å²) >= 11 is 7.34. The minimum absolute atomic E-state index is 0.362. The van der Waals surface area contributed by atoms with E-state index in [2.05, 4.69) is 4.98 Å². The number of primary amides is 1. The molecule has 158 valence electrons. The molecule has 2 aromatic heterocycles. The second-order valence-electron chi connectivity index (χ2n) is 7.09. The number of nitrogens with two attached hydrogens (primary N) is 1. The Morgan fingerprint density at radius 2 is 1.91 bits per heavy atom. The van der Waals surface area contributed by atoms with Gasteiger partial charge in [-0.25, -0.2) is 9.97 Å². The lowest BCUT2D eigenvalue weighted by Gasteiger charge is -2.07. The van der Waals surface area contributed by atoms with Crippen LogP contribution in [0.4, 0.5) is 0 Å². The quantitative estimate of drug-likeness (QED) is 0.363. The Labute approximate surface area is 192 Å². The fourth-order valence-electron chi connectivity index (χ4n) is 3.38. The minimum atomic E-state index is -0.542. The van der Waals surface area contributed by atoms with Gasteiger partial charge in [0, 0.05) is 16.7 Å². The summed E-state index contributed by atoms with van der Waals surface area (Å²) in [6.45, 7) is 0.461. The molecule has 3 aromatic carbocycles. The number of carbonyl (C=O) groups excluding carboxylic acids is 1. The molecule has 0 aliphatic rings. The summed E-state index contributed by atoms with van der Waals surface area (Å²) in [5, 5.41) is 1.14. The monoisotopic (exact) mass is 460 g/mol. The van der Waals surface area contributed by atoms with Crippen LogP contribution in [0.15, 0.2) is 79.1 Å². The maximum absolute atomic E-state index is 12.1. The van der Waals surface area contributed by atoms with Crippen molar-refractivity contribution in [3.63, 3.8) is 0 Å². The van der Waals surface area contributed by atoms with Gasteiger partial charge in [0.2, 0.25) is 0 Å². The van der Waals surface area contributed by atoms with Gasteiger partial charge in [0.05, 0.1) is 16.7 Å². The van der Waals surface area contributed by atoms with Crippen LogP contribution in [0.25, 0.3) is 27.4 Å². The van der Waals surface area contributed by atoms with Gasteiger partial charge in [0.1, 0.15) is 23.6 Å². The van der Waals surface area contributed by atoms with Gasteiger partial charge in [-0.1, -0.05) is 65.4 Å². The van der Waals surface area contributed by atoms with E-state index in [1.807, 2.05) is 65.2 Å². The number of amides is 1. The van der Waals surface area contributed by atoms with Gasteiger partial charge >= 0.3 is 0 Å². The molecule has 2 N–H and O–H groups in total. The number of ether oxygens (including phenoxy) is 1. The second-order valence-corrected chi connectivity index (χ2v) is 8.50. The molecule has 6 nitrogen and oxygen atoms in total. The Morgan fingerprint density at radius 3 is 2.69 bits per heavy atom. The van der Waals surface area contributed by atoms with Gasteiger partial charge in [-0.3, -0.25) is 9.36 Å². The SMILES string of the molecule is NC(=O)c1sc(-n2cnc3ccc(OCc4ccccc4)cc32)nc1-c1cccc(Cl)c1. The van der Waals surface area contributed by atoms with E-state index in [0.29, 0.717) is 33.1 Å². The normalized spacial score (nSPS) is 11.0. The Morgan fingerprint density at radius 1 is 1.06 bits per heavy atom. The Hall–Kier alpha value is -3.68. The van der Waals surface area contributed by atoms with Crippen LogP contribution in [0.2, 0.25) is 5.02 Å². The summed E-state index contributed by atoms with van der Waals surface area (Å²) in [7, 11) is 0. The number of rotatable bonds is 6. The van der Waals surface area contributed by atoms with E-state index in [1.54, 1.807) is 18.5 Å². The van der Waals surface area contributed by atoms with Crippen LogP contribution in [0.5, 0.6) is 5.75 Å². The van der Waals surface area contributed by atoms with Crippen molar-refractivity contribution in [2.24, 2.45) is 5.73 Å². The van der Waals surface area contributed by atoms with Crippen molar-refractivity contribution in [1.82, 2.24) is 14.5 Å². The molecule has 5 rings (SSSR count). The standard InChI is InChI=1S/C24H17ClN4O2S/c25-17-8-4-7-16(11-17)21-22(23(26)30)32-24(28-21)29-14-27-19-10-9-18(12-20(19)29)31-13-15-5-2-1-3-6-15/h1-12,14H,13H2,(H2,26,30). The van der Waals surface area contributed by atoms with Crippen LogP contribution in [0, 0.1) is 0 Å². The second kappa shape index (κ2) is 8.45. The molecule has 1 amide bonds. The number of imidazole rings is 1. The maximum Gasteiger partial charge on any atom is 0.261 e. The van der Waals surface area contributed by atoms with E-state index in [1.165, 1.54) is 11.3 Å². The molecule has 5 aromatic rings. The van der Waals surface area contributed by atoms with E-state index in [4.69, 9.17) is 27.1 Å². The number of hydrogen-bond acceptors (Lipinski definition) is 5. The van der Waals surface area contributed by atoms with Gasteiger partial charge in [-0.15, -0.1) is 0 Å². The van der Waals surface area contributed by atoms with E-state index >= 15 is 0 Å².